The van der Waals surface area contributed by atoms with Crippen LogP contribution in [0.1, 0.15) is 34.6 Å². The van der Waals surface area contributed by atoms with Crippen LogP contribution < -0.4 is 19.7 Å². The van der Waals surface area contributed by atoms with E-state index in [1.54, 1.807) is 33.8 Å². The van der Waals surface area contributed by atoms with E-state index in [9.17, 15) is 22.4 Å². The Morgan fingerprint density at radius 1 is 1.15 bits per heavy atom. The van der Waals surface area contributed by atoms with E-state index in [4.69, 9.17) is 9.47 Å². The summed E-state index contributed by atoms with van der Waals surface area (Å²) in [6.45, 7) is 8.24. The Balaban J connectivity index is 2.04. The maximum atomic E-state index is 13.6. The van der Waals surface area contributed by atoms with Crippen molar-refractivity contribution in [2.75, 3.05) is 16.2 Å². The predicted octanol–water partition coefficient (Wildman–Crippen LogP) is 3.65. The van der Waals surface area contributed by atoms with Crippen LogP contribution in [-0.4, -0.2) is 44.7 Å². The van der Waals surface area contributed by atoms with Gasteiger partial charge >= 0.3 is 6.09 Å². The normalized spacial score (nSPS) is 17.9. The molecule has 2 amide bonds. The lowest BCUT2D eigenvalue weighted by Crippen LogP contribution is -2.54. The quantitative estimate of drug-likeness (QED) is 0.657. The molecule has 11 heteroatoms. The molecule has 0 fully saturated rings. The molecule has 34 heavy (non-hydrogen) atoms. The molecule has 0 saturated heterocycles. The van der Waals surface area contributed by atoms with Gasteiger partial charge in [0.15, 0.2) is 0 Å². The number of anilines is 2. The van der Waals surface area contributed by atoms with Gasteiger partial charge in [-0.25, -0.2) is 17.6 Å². The molecule has 2 atom stereocenters. The van der Waals surface area contributed by atoms with Crippen LogP contribution in [0.15, 0.2) is 47.4 Å². The lowest BCUT2D eigenvalue weighted by Gasteiger charge is -2.41. The van der Waals surface area contributed by atoms with Crippen molar-refractivity contribution in [3.63, 3.8) is 0 Å². The number of amides is 2. The average molecular weight is 494 g/mol. The van der Waals surface area contributed by atoms with Gasteiger partial charge in [-0.2, -0.15) is 0 Å². The van der Waals surface area contributed by atoms with Crippen LogP contribution in [0.3, 0.4) is 0 Å². The fraction of sp³-hybridized carbons (Fsp3) is 0.391. The van der Waals surface area contributed by atoms with Gasteiger partial charge in [-0.15, -0.1) is 0 Å². The zero-order chi connectivity index (χ0) is 25.3. The third-order valence-electron chi connectivity index (χ3n) is 4.95. The second-order valence-corrected chi connectivity index (χ2v) is 10.7. The number of carbonyl (C=O) groups excluding carboxylic acids is 2. The van der Waals surface area contributed by atoms with E-state index in [-0.39, 0.29) is 28.8 Å². The largest absolute Gasteiger partial charge is 0.484 e. The SMILES string of the molecule is CC(=O)NC[C@H]1Oc2ccc(NC(=O)OC(C)(C)C)cc2N(S(=O)(=O)c2ccc(F)cc2)[C@H]1C. The third kappa shape index (κ3) is 5.77. The standard InChI is InChI=1S/C23H28FN3O6S/c1-14-21(13-25-15(2)28)32-20-11-8-17(26-22(29)33-23(3,4)5)12-19(20)27(14)34(30,31)18-9-6-16(24)7-10-18/h6-12,14,21H,13H2,1-5H3,(H,25,28)(H,26,29)/t14-,21+/m0/s1. The molecule has 0 spiro atoms. The van der Waals surface area contributed by atoms with Crippen molar-refractivity contribution in [1.29, 1.82) is 0 Å². The summed E-state index contributed by atoms with van der Waals surface area (Å²) in [5, 5.41) is 5.24. The summed E-state index contributed by atoms with van der Waals surface area (Å²) < 4.78 is 53.1. The smallest absolute Gasteiger partial charge is 0.412 e. The highest BCUT2D eigenvalue weighted by Gasteiger charge is 2.40. The number of nitrogens with zero attached hydrogens (tertiary/aromatic N) is 1. The number of halogens is 1. The summed E-state index contributed by atoms with van der Waals surface area (Å²) >= 11 is 0. The third-order valence-corrected chi connectivity index (χ3v) is 6.87. The van der Waals surface area contributed by atoms with E-state index in [2.05, 4.69) is 10.6 Å². The van der Waals surface area contributed by atoms with Crippen LogP contribution in [0.4, 0.5) is 20.6 Å². The molecule has 2 aromatic carbocycles. The highest BCUT2D eigenvalue weighted by Crippen LogP contribution is 2.41. The van der Waals surface area contributed by atoms with Crippen molar-refractivity contribution in [2.24, 2.45) is 0 Å². The Kier molecular flexibility index (Phi) is 7.06. The number of fused-ring (bicyclic) bond motifs is 1. The van der Waals surface area contributed by atoms with Crippen LogP contribution in [0.5, 0.6) is 5.75 Å². The van der Waals surface area contributed by atoms with Gasteiger partial charge in [0.05, 0.1) is 23.2 Å². The van der Waals surface area contributed by atoms with E-state index in [0.29, 0.717) is 5.69 Å². The van der Waals surface area contributed by atoms with Gasteiger partial charge in [0.2, 0.25) is 5.91 Å². The summed E-state index contributed by atoms with van der Waals surface area (Å²) in [5.74, 6) is -0.609. The lowest BCUT2D eigenvalue weighted by molar-refractivity contribution is -0.119. The van der Waals surface area contributed by atoms with Crippen LogP contribution >= 0.6 is 0 Å². The first-order valence-electron chi connectivity index (χ1n) is 10.6. The second-order valence-electron chi connectivity index (χ2n) is 8.90. The van der Waals surface area contributed by atoms with Crippen LogP contribution in [-0.2, 0) is 19.6 Å². The Hall–Kier alpha value is -3.34. The highest BCUT2D eigenvalue weighted by atomic mass is 32.2. The zero-order valence-corrected chi connectivity index (χ0v) is 20.4. The van der Waals surface area contributed by atoms with Crippen LogP contribution in [0, 0.1) is 5.82 Å². The lowest BCUT2D eigenvalue weighted by atomic mass is 10.1. The molecule has 9 nitrogen and oxygen atoms in total. The van der Waals surface area contributed by atoms with Crippen molar-refractivity contribution in [2.45, 2.75) is 57.3 Å². The highest BCUT2D eigenvalue weighted by molar-refractivity contribution is 7.92. The van der Waals surface area contributed by atoms with Crippen molar-refractivity contribution in [3.05, 3.63) is 48.3 Å². The van der Waals surface area contributed by atoms with E-state index in [1.807, 2.05) is 0 Å². The van der Waals surface area contributed by atoms with Gasteiger partial charge in [-0.05, 0) is 70.2 Å². The monoisotopic (exact) mass is 493 g/mol. The van der Waals surface area contributed by atoms with Gasteiger partial charge in [-0.3, -0.25) is 14.4 Å². The molecule has 0 aliphatic carbocycles. The molecule has 0 aromatic heterocycles. The zero-order valence-electron chi connectivity index (χ0n) is 19.6. The first-order valence-corrected chi connectivity index (χ1v) is 12.1. The molecule has 0 radical (unpaired) electrons. The molecule has 0 unspecified atom stereocenters. The number of ether oxygens (including phenoxy) is 2. The van der Waals surface area contributed by atoms with Crippen LogP contribution in [0.2, 0.25) is 0 Å². The minimum atomic E-state index is -4.16. The number of carbonyl (C=O) groups is 2. The first kappa shape index (κ1) is 25.3. The van der Waals surface area contributed by atoms with Gasteiger partial charge < -0.3 is 14.8 Å². The minimum absolute atomic E-state index is 0.0727. The molecule has 0 bridgehead atoms. The molecular formula is C23H28FN3O6S. The molecule has 2 aromatic rings. The van der Waals surface area contributed by atoms with Crippen molar-refractivity contribution in [1.82, 2.24) is 5.32 Å². The van der Waals surface area contributed by atoms with E-state index < -0.39 is 39.7 Å². The van der Waals surface area contributed by atoms with Crippen molar-refractivity contribution < 1.29 is 31.9 Å². The molecule has 1 heterocycles. The summed E-state index contributed by atoms with van der Waals surface area (Å²) in [5.41, 5.74) is -0.238. The topological polar surface area (TPSA) is 114 Å². The van der Waals surface area contributed by atoms with Gasteiger partial charge in [0.25, 0.3) is 10.0 Å². The summed E-state index contributed by atoms with van der Waals surface area (Å²) in [6, 6.07) is 8.29. The average Bonchev–Trinajstić information content (AvgIpc) is 2.71. The maximum Gasteiger partial charge on any atom is 0.412 e. The maximum absolute atomic E-state index is 13.6. The molecule has 184 valence electrons. The fourth-order valence-electron chi connectivity index (χ4n) is 3.45. The Morgan fingerprint density at radius 2 is 1.79 bits per heavy atom. The predicted molar refractivity (Wildman–Crippen MR) is 125 cm³/mol. The number of sulfonamides is 1. The Bertz CT molecular complexity index is 1180. The molecule has 0 saturated carbocycles. The number of nitrogens with one attached hydrogen (secondary N) is 2. The second kappa shape index (κ2) is 9.49. The number of benzene rings is 2. The van der Waals surface area contributed by atoms with E-state index in [0.717, 1.165) is 16.4 Å². The van der Waals surface area contributed by atoms with E-state index >= 15 is 0 Å². The summed E-state index contributed by atoms with van der Waals surface area (Å²) in [4.78, 5) is 23.5. The molecule has 1 aliphatic heterocycles. The van der Waals surface area contributed by atoms with Crippen molar-refractivity contribution >= 4 is 33.4 Å². The summed E-state index contributed by atoms with van der Waals surface area (Å²) in [6.07, 6.45) is -1.40. The minimum Gasteiger partial charge on any atom is -0.484 e. The van der Waals surface area contributed by atoms with Gasteiger partial charge in [-0.1, -0.05) is 0 Å². The number of rotatable bonds is 5. The molecule has 2 N–H and O–H groups in total. The summed E-state index contributed by atoms with van der Waals surface area (Å²) in [7, 11) is -4.16. The number of hydrogen-bond donors (Lipinski definition) is 2. The molecular weight excluding hydrogens is 465 g/mol. The first-order chi connectivity index (χ1) is 15.8. The van der Waals surface area contributed by atoms with Crippen molar-refractivity contribution in [3.8, 4) is 5.75 Å². The Labute approximate surface area is 198 Å². The Morgan fingerprint density at radius 3 is 2.38 bits per heavy atom. The molecule has 1 aliphatic rings. The number of hydrogen-bond acceptors (Lipinski definition) is 6. The van der Waals surface area contributed by atoms with E-state index in [1.165, 1.54) is 31.2 Å². The van der Waals surface area contributed by atoms with Crippen LogP contribution in [0.25, 0.3) is 0 Å². The molecule has 3 rings (SSSR count). The van der Waals surface area contributed by atoms with Gasteiger partial charge in [0.1, 0.15) is 23.3 Å². The van der Waals surface area contributed by atoms with Gasteiger partial charge in [0, 0.05) is 12.6 Å². The fourth-order valence-corrected chi connectivity index (χ4v) is 5.13.